The zero-order valence-corrected chi connectivity index (χ0v) is 12.3. The summed E-state index contributed by atoms with van der Waals surface area (Å²) in [5, 5.41) is 3.33. The normalized spacial score (nSPS) is 10.8. The highest BCUT2D eigenvalue weighted by Gasteiger charge is 1.95. The Hall–Kier alpha value is -0.540. The second kappa shape index (κ2) is 8.54. The van der Waals surface area contributed by atoms with Gasteiger partial charge in [-0.1, -0.05) is 29.8 Å². The fourth-order valence-electron chi connectivity index (χ4n) is 1.53. The smallest absolute Gasteiger partial charge is 0.0639 e. The minimum Gasteiger partial charge on any atom is -0.383 e. The van der Waals surface area contributed by atoms with Crippen molar-refractivity contribution in [1.82, 2.24) is 0 Å². The minimum atomic E-state index is 0.772. The van der Waals surface area contributed by atoms with Crippen LogP contribution in [0.25, 0.3) is 0 Å². The molecule has 0 heterocycles. The average molecular weight is 300 g/mol. The average Bonchev–Trinajstić information content (AvgIpc) is 2.30. The van der Waals surface area contributed by atoms with E-state index in [9.17, 15) is 0 Å². The van der Waals surface area contributed by atoms with Gasteiger partial charge in [0.05, 0.1) is 6.61 Å². The number of anilines is 1. The SMILES string of the molecule is CC(C)CCCOCCNc1ccc(Br)cc1. The molecule has 1 N–H and O–H groups in total. The van der Waals surface area contributed by atoms with Crippen molar-refractivity contribution < 1.29 is 4.74 Å². The van der Waals surface area contributed by atoms with E-state index in [-0.39, 0.29) is 0 Å². The van der Waals surface area contributed by atoms with E-state index in [0.29, 0.717) is 0 Å². The van der Waals surface area contributed by atoms with E-state index in [1.165, 1.54) is 6.42 Å². The number of hydrogen-bond acceptors (Lipinski definition) is 2. The standard InChI is InChI=1S/C14H22BrNO/c1-12(2)4-3-10-17-11-9-16-14-7-5-13(15)6-8-14/h5-8,12,16H,3-4,9-11H2,1-2H3. The van der Waals surface area contributed by atoms with Crippen LogP contribution in [0.4, 0.5) is 5.69 Å². The lowest BCUT2D eigenvalue weighted by atomic mass is 10.1. The summed E-state index contributed by atoms with van der Waals surface area (Å²) in [6.45, 7) is 7.00. The van der Waals surface area contributed by atoms with Crippen molar-refractivity contribution in [2.45, 2.75) is 26.7 Å². The first-order valence-electron chi connectivity index (χ1n) is 6.25. The maximum atomic E-state index is 5.56. The predicted molar refractivity (Wildman–Crippen MR) is 77.5 cm³/mol. The number of nitrogens with one attached hydrogen (secondary N) is 1. The Labute approximate surface area is 113 Å². The third kappa shape index (κ3) is 7.40. The van der Waals surface area contributed by atoms with Gasteiger partial charge in [0.25, 0.3) is 0 Å². The van der Waals surface area contributed by atoms with Crippen LogP contribution in [-0.2, 0) is 4.74 Å². The molecule has 0 radical (unpaired) electrons. The minimum absolute atomic E-state index is 0.772. The van der Waals surface area contributed by atoms with Gasteiger partial charge < -0.3 is 10.1 Å². The molecule has 0 aliphatic carbocycles. The van der Waals surface area contributed by atoms with E-state index in [4.69, 9.17) is 4.74 Å². The van der Waals surface area contributed by atoms with Gasteiger partial charge in [-0.2, -0.15) is 0 Å². The molecule has 0 spiro atoms. The van der Waals surface area contributed by atoms with Crippen LogP contribution in [-0.4, -0.2) is 19.8 Å². The molecule has 3 heteroatoms. The van der Waals surface area contributed by atoms with Crippen molar-refractivity contribution in [1.29, 1.82) is 0 Å². The van der Waals surface area contributed by atoms with Gasteiger partial charge in [-0.05, 0) is 43.0 Å². The molecule has 2 nitrogen and oxygen atoms in total. The highest BCUT2D eigenvalue weighted by Crippen LogP contribution is 2.13. The van der Waals surface area contributed by atoms with Crippen LogP contribution >= 0.6 is 15.9 Å². The predicted octanol–water partition coefficient (Wildman–Crippen LogP) is 4.31. The summed E-state index contributed by atoms with van der Waals surface area (Å²) in [7, 11) is 0. The number of benzene rings is 1. The number of halogens is 1. The lowest BCUT2D eigenvalue weighted by Crippen LogP contribution is -2.10. The molecule has 0 saturated carbocycles. The molecule has 0 amide bonds. The van der Waals surface area contributed by atoms with Crippen molar-refractivity contribution in [3.8, 4) is 0 Å². The Bertz CT molecular complexity index is 298. The summed E-state index contributed by atoms with van der Waals surface area (Å²) in [4.78, 5) is 0. The molecule has 0 aromatic heterocycles. The zero-order chi connectivity index (χ0) is 12.5. The maximum absolute atomic E-state index is 5.56. The van der Waals surface area contributed by atoms with E-state index >= 15 is 0 Å². The van der Waals surface area contributed by atoms with E-state index in [1.807, 2.05) is 12.1 Å². The quantitative estimate of drug-likeness (QED) is 0.722. The lowest BCUT2D eigenvalue weighted by molar-refractivity contribution is 0.137. The monoisotopic (exact) mass is 299 g/mol. The molecule has 17 heavy (non-hydrogen) atoms. The van der Waals surface area contributed by atoms with Crippen molar-refractivity contribution in [3.05, 3.63) is 28.7 Å². The van der Waals surface area contributed by atoms with Crippen LogP contribution in [0.1, 0.15) is 26.7 Å². The topological polar surface area (TPSA) is 21.3 Å². The van der Waals surface area contributed by atoms with E-state index in [2.05, 4.69) is 47.2 Å². The second-order valence-electron chi connectivity index (χ2n) is 4.58. The molecule has 0 saturated heterocycles. The Balaban J connectivity index is 1.99. The van der Waals surface area contributed by atoms with Gasteiger partial charge in [0, 0.05) is 23.3 Å². The van der Waals surface area contributed by atoms with Gasteiger partial charge in [0.2, 0.25) is 0 Å². The van der Waals surface area contributed by atoms with Crippen LogP contribution in [0.2, 0.25) is 0 Å². The largest absolute Gasteiger partial charge is 0.383 e. The van der Waals surface area contributed by atoms with Gasteiger partial charge in [0.1, 0.15) is 0 Å². The summed E-state index contributed by atoms with van der Waals surface area (Å²) in [6.07, 6.45) is 2.41. The Kier molecular flexibility index (Phi) is 7.29. The number of rotatable bonds is 8. The lowest BCUT2D eigenvalue weighted by Gasteiger charge is -2.08. The molecule has 0 aliphatic rings. The molecule has 1 rings (SSSR count). The fraction of sp³-hybridized carbons (Fsp3) is 0.571. The Morgan fingerprint density at radius 2 is 1.88 bits per heavy atom. The van der Waals surface area contributed by atoms with Crippen LogP contribution < -0.4 is 5.32 Å². The van der Waals surface area contributed by atoms with E-state index in [1.54, 1.807) is 0 Å². The number of ether oxygens (including phenoxy) is 1. The van der Waals surface area contributed by atoms with Crippen molar-refractivity contribution >= 4 is 21.6 Å². The molecule has 0 aliphatic heterocycles. The third-order valence-corrected chi connectivity index (χ3v) is 3.02. The van der Waals surface area contributed by atoms with E-state index < -0.39 is 0 Å². The van der Waals surface area contributed by atoms with Crippen molar-refractivity contribution in [2.24, 2.45) is 5.92 Å². The molecule has 0 atom stereocenters. The third-order valence-electron chi connectivity index (χ3n) is 2.49. The highest BCUT2D eigenvalue weighted by atomic mass is 79.9. The summed E-state index contributed by atoms with van der Waals surface area (Å²) in [5.41, 5.74) is 1.14. The van der Waals surface area contributed by atoms with Gasteiger partial charge in [-0.25, -0.2) is 0 Å². The van der Waals surface area contributed by atoms with Crippen molar-refractivity contribution in [2.75, 3.05) is 25.1 Å². The molecule has 1 aromatic rings. The van der Waals surface area contributed by atoms with Crippen molar-refractivity contribution in [3.63, 3.8) is 0 Å². The molecular weight excluding hydrogens is 278 g/mol. The first kappa shape index (κ1) is 14.5. The summed E-state index contributed by atoms with van der Waals surface area (Å²) >= 11 is 3.41. The van der Waals surface area contributed by atoms with Crippen LogP contribution in [0, 0.1) is 5.92 Å². The molecular formula is C14H22BrNO. The molecule has 1 aromatic carbocycles. The van der Waals surface area contributed by atoms with Crippen LogP contribution in [0.5, 0.6) is 0 Å². The fourth-order valence-corrected chi connectivity index (χ4v) is 1.80. The first-order valence-corrected chi connectivity index (χ1v) is 7.05. The maximum Gasteiger partial charge on any atom is 0.0639 e. The van der Waals surface area contributed by atoms with Gasteiger partial charge in [-0.15, -0.1) is 0 Å². The van der Waals surface area contributed by atoms with Crippen LogP contribution in [0.3, 0.4) is 0 Å². The second-order valence-corrected chi connectivity index (χ2v) is 5.50. The summed E-state index contributed by atoms with van der Waals surface area (Å²) in [5.74, 6) is 0.777. The Morgan fingerprint density at radius 1 is 1.18 bits per heavy atom. The van der Waals surface area contributed by atoms with Gasteiger partial charge in [0.15, 0.2) is 0 Å². The zero-order valence-electron chi connectivity index (χ0n) is 10.7. The van der Waals surface area contributed by atoms with E-state index in [0.717, 1.165) is 42.3 Å². The molecule has 0 unspecified atom stereocenters. The summed E-state index contributed by atoms with van der Waals surface area (Å²) in [6, 6.07) is 8.18. The first-order chi connectivity index (χ1) is 8.18. The Morgan fingerprint density at radius 3 is 2.53 bits per heavy atom. The van der Waals surface area contributed by atoms with Gasteiger partial charge in [-0.3, -0.25) is 0 Å². The molecule has 96 valence electrons. The number of hydrogen-bond donors (Lipinski definition) is 1. The molecule has 0 fully saturated rings. The highest BCUT2D eigenvalue weighted by molar-refractivity contribution is 9.10. The van der Waals surface area contributed by atoms with Crippen LogP contribution in [0.15, 0.2) is 28.7 Å². The summed E-state index contributed by atoms with van der Waals surface area (Å²) < 4.78 is 6.66. The van der Waals surface area contributed by atoms with Gasteiger partial charge >= 0.3 is 0 Å². The molecule has 0 bridgehead atoms.